The van der Waals surface area contributed by atoms with Gasteiger partial charge in [-0.1, -0.05) is 37.0 Å². The zero-order chi connectivity index (χ0) is 12.1. The standard InChI is InChI=1S/C12H17Cl2NO/c1-8(2)15-5-4-9-6-11(14)12(16-3)7-10(9)13/h6-8,15H,4-5H2,1-3H3. The van der Waals surface area contributed by atoms with Gasteiger partial charge < -0.3 is 10.1 Å². The molecule has 0 fully saturated rings. The molecule has 4 heteroatoms. The molecule has 0 aromatic heterocycles. The van der Waals surface area contributed by atoms with Crippen LogP contribution in [-0.4, -0.2) is 19.7 Å². The first-order valence-corrected chi connectivity index (χ1v) is 6.05. The molecule has 0 aliphatic carbocycles. The van der Waals surface area contributed by atoms with E-state index in [0.29, 0.717) is 21.8 Å². The van der Waals surface area contributed by atoms with Gasteiger partial charge in [-0.25, -0.2) is 0 Å². The second kappa shape index (κ2) is 6.33. The lowest BCUT2D eigenvalue weighted by Crippen LogP contribution is -2.25. The first-order chi connectivity index (χ1) is 7.54. The fourth-order valence-electron chi connectivity index (χ4n) is 1.41. The number of benzene rings is 1. The Morgan fingerprint density at radius 2 is 1.94 bits per heavy atom. The fraction of sp³-hybridized carbons (Fsp3) is 0.500. The summed E-state index contributed by atoms with van der Waals surface area (Å²) in [6.45, 7) is 5.12. The van der Waals surface area contributed by atoms with E-state index in [-0.39, 0.29) is 0 Å². The molecule has 1 aromatic carbocycles. The van der Waals surface area contributed by atoms with Crippen LogP contribution in [0.2, 0.25) is 10.0 Å². The second-order valence-corrected chi connectivity index (χ2v) is 4.75. The normalized spacial score (nSPS) is 10.9. The smallest absolute Gasteiger partial charge is 0.138 e. The van der Waals surface area contributed by atoms with Crippen molar-refractivity contribution in [1.29, 1.82) is 0 Å². The van der Waals surface area contributed by atoms with E-state index in [1.54, 1.807) is 13.2 Å². The van der Waals surface area contributed by atoms with E-state index >= 15 is 0 Å². The average Bonchev–Trinajstić information content (AvgIpc) is 2.22. The summed E-state index contributed by atoms with van der Waals surface area (Å²) < 4.78 is 5.09. The number of hydrogen-bond acceptors (Lipinski definition) is 2. The summed E-state index contributed by atoms with van der Waals surface area (Å²) >= 11 is 12.2. The van der Waals surface area contributed by atoms with Gasteiger partial charge in [-0.15, -0.1) is 0 Å². The van der Waals surface area contributed by atoms with Gasteiger partial charge in [0.1, 0.15) is 5.75 Å². The Labute approximate surface area is 107 Å². The molecule has 2 nitrogen and oxygen atoms in total. The topological polar surface area (TPSA) is 21.3 Å². The summed E-state index contributed by atoms with van der Waals surface area (Å²) in [7, 11) is 1.58. The molecule has 0 unspecified atom stereocenters. The van der Waals surface area contributed by atoms with Gasteiger partial charge in [-0.3, -0.25) is 0 Å². The quantitative estimate of drug-likeness (QED) is 0.876. The third-order valence-electron chi connectivity index (χ3n) is 2.27. The maximum Gasteiger partial charge on any atom is 0.138 e. The molecule has 0 amide bonds. The van der Waals surface area contributed by atoms with Gasteiger partial charge >= 0.3 is 0 Å². The monoisotopic (exact) mass is 261 g/mol. The third-order valence-corrected chi connectivity index (χ3v) is 2.91. The summed E-state index contributed by atoms with van der Waals surface area (Å²) in [5.74, 6) is 0.618. The molecular formula is C12H17Cl2NO. The van der Waals surface area contributed by atoms with Crippen LogP contribution >= 0.6 is 23.2 Å². The maximum absolute atomic E-state index is 6.13. The van der Waals surface area contributed by atoms with Crippen molar-refractivity contribution < 1.29 is 4.74 Å². The molecule has 0 aliphatic rings. The highest BCUT2D eigenvalue weighted by molar-refractivity contribution is 6.34. The van der Waals surface area contributed by atoms with Crippen molar-refractivity contribution >= 4 is 23.2 Å². The lowest BCUT2D eigenvalue weighted by Gasteiger charge is -2.11. The molecule has 1 rings (SSSR count). The van der Waals surface area contributed by atoms with Crippen LogP contribution in [0.1, 0.15) is 19.4 Å². The molecule has 16 heavy (non-hydrogen) atoms. The molecule has 1 N–H and O–H groups in total. The number of ether oxygens (including phenoxy) is 1. The van der Waals surface area contributed by atoms with Crippen LogP contribution in [0.15, 0.2) is 12.1 Å². The molecule has 0 saturated heterocycles. The van der Waals surface area contributed by atoms with Crippen molar-refractivity contribution in [3.8, 4) is 5.75 Å². The Bertz CT molecular complexity index is 353. The maximum atomic E-state index is 6.13. The van der Waals surface area contributed by atoms with E-state index in [0.717, 1.165) is 18.5 Å². The number of halogens is 2. The predicted molar refractivity (Wildman–Crippen MR) is 69.9 cm³/mol. The first-order valence-electron chi connectivity index (χ1n) is 5.30. The Hall–Kier alpha value is -0.440. The minimum Gasteiger partial charge on any atom is -0.495 e. The lowest BCUT2D eigenvalue weighted by atomic mass is 10.1. The SMILES string of the molecule is COc1cc(Cl)c(CCNC(C)C)cc1Cl. The van der Waals surface area contributed by atoms with Crippen LogP contribution in [-0.2, 0) is 6.42 Å². The van der Waals surface area contributed by atoms with Crippen molar-refractivity contribution in [3.05, 3.63) is 27.7 Å². The Kier molecular flexibility index (Phi) is 5.39. The van der Waals surface area contributed by atoms with Crippen LogP contribution in [0.25, 0.3) is 0 Å². The minimum absolute atomic E-state index is 0.479. The molecule has 0 bridgehead atoms. The zero-order valence-corrected chi connectivity index (χ0v) is 11.3. The van der Waals surface area contributed by atoms with E-state index in [2.05, 4.69) is 19.2 Å². The van der Waals surface area contributed by atoms with E-state index in [9.17, 15) is 0 Å². The highest BCUT2D eigenvalue weighted by Gasteiger charge is 2.07. The molecule has 90 valence electrons. The Morgan fingerprint density at radius 3 is 2.50 bits per heavy atom. The summed E-state index contributed by atoms with van der Waals surface area (Å²) in [6.07, 6.45) is 0.862. The van der Waals surface area contributed by atoms with Gasteiger partial charge in [0.05, 0.1) is 12.1 Å². The van der Waals surface area contributed by atoms with Crippen molar-refractivity contribution in [2.75, 3.05) is 13.7 Å². The van der Waals surface area contributed by atoms with E-state index < -0.39 is 0 Å². The summed E-state index contributed by atoms with van der Waals surface area (Å²) in [5.41, 5.74) is 1.04. The molecule has 0 aliphatic heterocycles. The molecule has 0 spiro atoms. The van der Waals surface area contributed by atoms with Crippen molar-refractivity contribution in [3.63, 3.8) is 0 Å². The van der Waals surface area contributed by atoms with Gasteiger partial charge in [0.2, 0.25) is 0 Å². The molecule has 0 heterocycles. The number of rotatable bonds is 5. The third kappa shape index (κ3) is 3.85. The van der Waals surface area contributed by atoms with Crippen molar-refractivity contribution in [2.45, 2.75) is 26.3 Å². The summed E-state index contributed by atoms with van der Waals surface area (Å²) in [5, 5.41) is 4.64. The van der Waals surface area contributed by atoms with Gasteiger partial charge in [0.25, 0.3) is 0 Å². The largest absolute Gasteiger partial charge is 0.495 e. The van der Waals surface area contributed by atoms with Crippen LogP contribution in [0.5, 0.6) is 5.75 Å². The lowest BCUT2D eigenvalue weighted by molar-refractivity contribution is 0.415. The van der Waals surface area contributed by atoms with E-state index in [4.69, 9.17) is 27.9 Å². The van der Waals surface area contributed by atoms with Crippen LogP contribution in [0.4, 0.5) is 0 Å². The van der Waals surface area contributed by atoms with Crippen LogP contribution in [0.3, 0.4) is 0 Å². The average molecular weight is 262 g/mol. The molecule has 0 atom stereocenters. The second-order valence-electron chi connectivity index (χ2n) is 3.94. The highest BCUT2D eigenvalue weighted by atomic mass is 35.5. The molecule has 0 radical (unpaired) electrons. The van der Waals surface area contributed by atoms with Crippen molar-refractivity contribution in [2.24, 2.45) is 0 Å². The number of methoxy groups -OCH3 is 1. The Balaban J connectivity index is 2.70. The Morgan fingerprint density at radius 1 is 1.25 bits per heavy atom. The molecule has 0 saturated carbocycles. The summed E-state index contributed by atoms with van der Waals surface area (Å²) in [4.78, 5) is 0. The minimum atomic E-state index is 0.479. The van der Waals surface area contributed by atoms with Crippen LogP contribution < -0.4 is 10.1 Å². The molecular weight excluding hydrogens is 245 g/mol. The van der Waals surface area contributed by atoms with Gasteiger partial charge in [-0.05, 0) is 24.6 Å². The predicted octanol–water partition coefficient (Wildman–Crippen LogP) is 3.54. The molecule has 1 aromatic rings. The van der Waals surface area contributed by atoms with Gasteiger partial charge in [0, 0.05) is 17.1 Å². The van der Waals surface area contributed by atoms with Crippen molar-refractivity contribution in [1.82, 2.24) is 5.32 Å². The van der Waals surface area contributed by atoms with E-state index in [1.807, 2.05) is 6.07 Å². The zero-order valence-electron chi connectivity index (χ0n) is 9.81. The summed E-state index contributed by atoms with van der Waals surface area (Å²) in [6, 6.07) is 4.10. The van der Waals surface area contributed by atoms with E-state index in [1.165, 1.54) is 0 Å². The number of nitrogens with one attached hydrogen (secondary N) is 1. The van der Waals surface area contributed by atoms with Gasteiger partial charge in [-0.2, -0.15) is 0 Å². The van der Waals surface area contributed by atoms with Crippen LogP contribution in [0, 0.1) is 0 Å². The highest BCUT2D eigenvalue weighted by Crippen LogP contribution is 2.30. The van der Waals surface area contributed by atoms with Gasteiger partial charge in [0.15, 0.2) is 0 Å². The fourth-order valence-corrected chi connectivity index (χ4v) is 1.92. The number of hydrogen-bond donors (Lipinski definition) is 1. The first kappa shape index (κ1) is 13.6.